The largest absolute Gasteiger partial charge is 0.325 e. The van der Waals surface area contributed by atoms with Crippen molar-refractivity contribution in [2.45, 2.75) is 29.7 Å². The molecule has 0 unspecified atom stereocenters. The Morgan fingerprint density at radius 1 is 1.03 bits per heavy atom. The van der Waals surface area contributed by atoms with Crippen LogP contribution in [0.1, 0.15) is 21.9 Å². The molecule has 2 aliphatic heterocycles. The maximum Gasteiger partial charge on any atom is 0.308 e. The summed E-state index contributed by atoms with van der Waals surface area (Å²) in [5.74, 6) is -2.01. The molecule has 32 heavy (non-hydrogen) atoms. The molecule has 9 heteroatoms. The van der Waals surface area contributed by atoms with Crippen LogP contribution in [0.4, 0.5) is 5.69 Å². The highest BCUT2D eigenvalue weighted by Crippen LogP contribution is 2.51. The molecule has 2 aromatic carbocycles. The summed E-state index contributed by atoms with van der Waals surface area (Å²) in [4.78, 5) is 51.1. The van der Waals surface area contributed by atoms with Crippen molar-refractivity contribution in [3.8, 4) is 0 Å². The lowest BCUT2D eigenvalue weighted by Gasteiger charge is -2.30. The van der Waals surface area contributed by atoms with E-state index in [0.717, 1.165) is 27.3 Å². The second-order valence-corrected chi connectivity index (χ2v) is 9.97. The van der Waals surface area contributed by atoms with Crippen LogP contribution in [0.15, 0.2) is 64.4 Å². The van der Waals surface area contributed by atoms with E-state index in [4.69, 9.17) is 0 Å². The van der Waals surface area contributed by atoms with E-state index in [1.807, 2.05) is 49.4 Å². The van der Waals surface area contributed by atoms with Gasteiger partial charge in [0, 0.05) is 16.5 Å². The van der Waals surface area contributed by atoms with Gasteiger partial charge in [-0.1, -0.05) is 71.1 Å². The number of imide groups is 1. The number of amides is 3. The second-order valence-electron chi connectivity index (χ2n) is 7.84. The molecule has 7 nitrogen and oxygen atoms in total. The van der Waals surface area contributed by atoms with Gasteiger partial charge in [0.25, 0.3) is 0 Å². The summed E-state index contributed by atoms with van der Waals surface area (Å²) in [6.07, 6.45) is 0. The number of aryl methyl sites for hydroxylation is 1. The standard InChI is InChI=1S/C23H19N3O4S2/c1-12-7-9-14(10-8-12)24-15(27)11-26-22-19(32-23(26)30)16(13-5-3-2-4-6-13)17-18(31-22)21(29)25-20(17)28/h2-10,16-18H,11H2,1H3,(H,24,27)(H,25,28,29)/t16-,17+,18-/m0/s1. The molecule has 2 N–H and O–H groups in total. The number of fused-ring (bicyclic) bond motifs is 2. The van der Waals surface area contributed by atoms with Crippen LogP contribution < -0.4 is 15.5 Å². The van der Waals surface area contributed by atoms with Crippen molar-refractivity contribution in [1.82, 2.24) is 9.88 Å². The molecule has 3 aromatic rings. The van der Waals surface area contributed by atoms with Crippen molar-refractivity contribution < 1.29 is 14.4 Å². The van der Waals surface area contributed by atoms with Crippen molar-refractivity contribution in [1.29, 1.82) is 0 Å². The van der Waals surface area contributed by atoms with Gasteiger partial charge in [0.1, 0.15) is 11.8 Å². The number of hydrogen-bond acceptors (Lipinski definition) is 6. The fraction of sp³-hybridized carbons (Fsp3) is 0.217. The number of benzene rings is 2. The highest BCUT2D eigenvalue weighted by molar-refractivity contribution is 8.00. The quantitative estimate of drug-likeness (QED) is 0.578. The number of nitrogens with zero attached hydrogens (tertiary/aromatic N) is 1. The summed E-state index contributed by atoms with van der Waals surface area (Å²) < 4.78 is 1.41. The number of nitrogens with one attached hydrogen (secondary N) is 2. The van der Waals surface area contributed by atoms with E-state index >= 15 is 0 Å². The van der Waals surface area contributed by atoms with E-state index in [1.54, 1.807) is 12.1 Å². The van der Waals surface area contributed by atoms with E-state index in [-0.39, 0.29) is 29.1 Å². The van der Waals surface area contributed by atoms with E-state index in [1.165, 1.54) is 16.3 Å². The van der Waals surface area contributed by atoms with E-state index in [0.29, 0.717) is 10.7 Å². The number of anilines is 1. The zero-order valence-corrected chi connectivity index (χ0v) is 18.7. The van der Waals surface area contributed by atoms with Crippen LogP contribution >= 0.6 is 23.1 Å². The summed E-state index contributed by atoms with van der Waals surface area (Å²) in [5.41, 5.74) is 2.59. The van der Waals surface area contributed by atoms with Gasteiger partial charge in [-0.3, -0.25) is 29.1 Å². The minimum atomic E-state index is -0.638. The third-order valence-electron chi connectivity index (χ3n) is 5.68. The van der Waals surface area contributed by atoms with Gasteiger partial charge in [0.2, 0.25) is 17.7 Å². The maximum absolute atomic E-state index is 12.9. The summed E-state index contributed by atoms with van der Waals surface area (Å²) in [5, 5.41) is 5.19. The number of hydrogen-bond donors (Lipinski definition) is 2. The predicted octanol–water partition coefficient (Wildman–Crippen LogP) is 2.74. The molecular weight excluding hydrogens is 446 g/mol. The fourth-order valence-electron chi connectivity index (χ4n) is 4.18. The second kappa shape index (κ2) is 8.07. The van der Waals surface area contributed by atoms with Crippen molar-refractivity contribution in [2.75, 3.05) is 5.32 Å². The molecule has 3 heterocycles. The fourth-order valence-corrected chi connectivity index (χ4v) is 6.92. The molecule has 3 amide bonds. The topological polar surface area (TPSA) is 97.3 Å². The molecule has 0 radical (unpaired) electrons. The molecule has 1 saturated heterocycles. The van der Waals surface area contributed by atoms with Gasteiger partial charge in [-0.15, -0.1) is 0 Å². The Morgan fingerprint density at radius 3 is 2.47 bits per heavy atom. The number of aromatic nitrogens is 1. The molecule has 0 spiro atoms. The van der Waals surface area contributed by atoms with Crippen molar-refractivity contribution in [3.63, 3.8) is 0 Å². The summed E-state index contributed by atoms with van der Waals surface area (Å²) in [7, 11) is 0. The summed E-state index contributed by atoms with van der Waals surface area (Å²) >= 11 is 2.23. The predicted molar refractivity (Wildman–Crippen MR) is 123 cm³/mol. The van der Waals surface area contributed by atoms with Gasteiger partial charge in [0.15, 0.2) is 0 Å². The van der Waals surface area contributed by atoms with Crippen LogP contribution in [0.25, 0.3) is 0 Å². The Balaban J connectivity index is 1.52. The van der Waals surface area contributed by atoms with Crippen LogP contribution in [0, 0.1) is 12.8 Å². The normalized spacial score (nSPS) is 21.6. The summed E-state index contributed by atoms with van der Waals surface area (Å²) in [6, 6.07) is 16.8. The molecule has 1 aromatic heterocycles. The van der Waals surface area contributed by atoms with Gasteiger partial charge < -0.3 is 5.32 Å². The zero-order chi connectivity index (χ0) is 22.4. The first-order chi connectivity index (χ1) is 15.4. The van der Waals surface area contributed by atoms with Crippen LogP contribution in [-0.2, 0) is 20.9 Å². The lowest BCUT2D eigenvalue weighted by Crippen LogP contribution is -2.32. The van der Waals surface area contributed by atoms with Gasteiger partial charge in [0.05, 0.1) is 10.9 Å². The zero-order valence-electron chi connectivity index (χ0n) is 17.0. The number of carbonyl (C=O) groups is 3. The van der Waals surface area contributed by atoms with E-state index in [2.05, 4.69) is 10.6 Å². The van der Waals surface area contributed by atoms with Crippen molar-refractivity contribution >= 4 is 46.5 Å². The first-order valence-corrected chi connectivity index (χ1v) is 11.8. The monoisotopic (exact) mass is 465 g/mol. The Labute approximate surface area is 191 Å². The van der Waals surface area contributed by atoms with E-state index in [9.17, 15) is 19.2 Å². The first-order valence-electron chi connectivity index (χ1n) is 10.1. The van der Waals surface area contributed by atoms with Crippen molar-refractivity contribution in [3.05, 3.63) is 80.3 Å². The van der Waals surface area contributed by atoms with Gasteiger partial charge in [-0.05, 0) is 24.6 Å². The Bertz CT molecular complexity index is 1280. The SMILES string of the molecule is Cc1ccc(NC(=O)Cn2c3c(sc2=O)[C@@H](c2ccccc2)[C@H]2C(=O)NC(=O)[C@H]2S3)cc1. The minimum Gasteiger partial charge on any atom is -0.325 e. The Kier molecular flexibility index (Phi) is 5.22. The van der Waals surface area contributed by atoms with Crippen LogP contribution in [0.5, 0.6) is 0 Å². The third kappa shape index (κ3) is 3.57. The minimum absolute atomic E-state index is 0.167. The molecule has 1 fully saturated rings. The highest BCUT2D eigenvalue weighted by atomic mass is 32.2. The molecule has 5 rings (SSSR count). The third-order valence-corrected chi connectivity index (χ3v) is 8.30. The van der Waals surface area contributed by atoms with E-state index < -0.39 is 17.1 Å². The lowest BCUT2D eigenvalue weighted by atomic mass is 9.83. The van der Waals surface area contributed by atoms with Gasteiger partial charge >= 0.3 is 4.87 Å². The van der Waals surface area contributed by atoms with Gasteiger partial charge in [-0.25, -0.2) is 0 Å². The number of rotatable bonds is 4. The van der Waals surface area contributed by atoms with Crippen molar-refractivity contribution in [2.24, 2.45) is 5.92 Å². The summed E-state index contributed by atoms with van der Waals surface area (Å²) in [6.45, 7) is 1.79. The smallest absolute Gasteiger partial charge is 0.308 e. The molecule has 2 aliphatic rings. The molecule has 162 valence electrons. The molecule has 0 aliphatic carbocycles. The molecule has 3 atom stereocenters. The average Bonchev–Trinajstić information content (AvgIpc) is 3.24. The number of thiazole rings is 1. The van der Waals surface area contributed by atoms with Crippen LogP contribution in [0.2, 0.25) is 0 Å². The highest BCUT2D eigenvalue weighted by Gasteiger charge is 2.52. The average molecular weight is 466 g/mol. The van der Waals surface area contributed by atoms with Crippen LogP contribution in [0.3, 0.4) is 0 Å². The molecule has 0 bridgehead atoms. The molecular formula is C23H19N3O4S2. The Morgan fingerprint density at radius 2 is 1.75 bits per heavy atom. The number of thioether (sulfide) groups is 1. The Hall–Kier alpha value is -3.17. The maximum atomic E-state index is 12.9. The number of carbonyl (C=O) groups excluding carboxylic acids is 3. The first kappa shape index (κ1) is 20.7. The van der Waals surface area contributed by atoms with Crippen LogP contribution in [-0.4, -0.2) is 27.5 Å². The van der Waals surface area contributed by atoms with Gasteiger partial charge in [-0.2, -0.15) is 0 Å². The lowest BCUT2D eigenvalue weighted by molar-refractivity contribution is -0.126. The molecule has 0 saturated carbocycles.